The first kappa shape index (κ1) is 16.0. The maximum atomic E-state index is 12.2. The molecule has 1 atom stereocenters. The number of nitrogens with zero attached hydrogens (tertiary/aromatic N) is 1. The minimum Gasteiger partial charge on any atom is -0.342 e. The molecule has 0 aliphatic carbocycles. The van der Waals surface area contributed by atoms with Crippen molar-refractivity contribution in [2.75, 3.05) is 26.7 Å². The van der Waals surface area contributed by atoms with Crippen LogP contribution in [0.3, 0.4) is 0 Å². The summed E-state index contributed by atoms with van der Waals surface area (Å²) < 4.78 is 0. The van der Waals surface area contributed by atoms with E-state index in [1.165, 1.54) is 5.56 Å². The highest BCUT2D eigenvalue weighted by Gasteiger charge is 2.25. The molecule has 1 aromatic rings. The molecule has 1 aliphatic rings. The third-order valence-corrected chi connectivity index (χ3v) is 3.73. The molecule has 1 aromatic carbocycles. The van der Waals surface area contributed by atoms with Gasteiger partial charge in [-0.05, 0) is 44.0 Å². The molecule has 1 unspecified atom stereocenters. The molecule has 1 N–H and O–H groups in total. The van der Waals surface area contributed by atoms with Crippen molar-refractivity contribution in [3.8, 4) is 0 Å². The van der Waals surface area contributed by atoms with Crippen molar-refractivity contribution in [3.05, 3.63) is 35.4 Å². The van der Waals surface area contributed by atoms with Crippen LogP contribution in [-0.4, -0.2) is 37.5 Å². The van der Waals surface area contributed by atoms with Crippen molar-refractivity contribution in [3.63, 3.8) is 0 Å². The standard InChI is InChI=1S/C15H22N2O.ClH/c1-12-5-3-4-6-14(12)9-15(18)17-8-7-13(11-17)10-16-2;/h3-6,13,16H,7-11H2,1-2H3;1H. The highest BCUT2D eigenvalue weighted by Crippen LogP contribution is 2.17. The highest BCUT2D eigenvalue weighted by atomic mass is 35.5. The zero-order valence-corrected chi connectivity index (χ0v) is 12.5. The maximum Gasteiger partial charge on any atom is 0.227 e. The normalized spacial score (nSPS) is 18.2. The monoisotopic (exact) mass is 282 g/mol. The number of likely N-dealkylation sites (tertiary alicyclic amines) is 1. The van der Waals surface area contributed by atoms with Gasteiger partial charge in [-0.25, -0.2) is 0 Å². The van der Waals surface area contributed by atoms with Gasteiger partial charge >= 0.3 is 0 Å². The minimum absolute atomic E-state index is 0. The molecule has 1 aliphatic heterocycles. The summed E-state index contributed by atoms with van der Waals surface area (Å²) in [6, 6.07) is 8.14. The van der Waals surface area contributed by atoms with E-state index < -0.39 is 0 Å². The molecule has 2 rings (SSSR count). The molecule has 1 heterocycles. The first-order valence-corrected chi connectivity index (χ1v) is 6.67. The van der Waals surface area contributed by atoms with E-state index in [1.54, 1.807) is 0 Å². The molecular formula is C15H23ClN2O. The molecule has 4 heteroatoms. The fraction of sp³-hybridized carbons (Fsp3) is 0.533. The number of benzene rings is 1. The summed E-state index contributed by atoms with van der Waals surface area (Å²) in [5.41, 5.74) is 2.36. The van der Waals surface area contributed by atoms with Crippen molar-refractivity contribution in [1.29, 1.82) is 0 Å². The molecule has 19 heavy (non-hydrogen) atoms. The molecule has 0 saturated carbocycles. The van der Waals surface area contributed by atoms with Gasteiger partial charge < -0.3 is 10.2 Å². The molecule has 0 radical (unpaired) electrons. The van der Waals surface area contributed by atoms with Crippen molar-refractivity contribution in [2.24, 2.45) is 5.92 Å². The third-order valence-electron chi connectivity index (χ3n) is 3.73. The van der Waals surface area contributed by atoms with Crippen LogP contribution in [0, 0.1) is 12.8 Å². The Labute approximate surface area is 121 Å². The van der Waals surface area contributed by atoms with Gasteiger partial charge in [-0.2, -0.15) is 0 Å². The van der Waals surface area contributed by atoms with Gasteiger partial charge in [-0.15, -0.1) is 12.4 Å². The summed E-state index contributed by atoms with van der Waals surface area (Å²) in [4.78, 5) is 14.2. The Morgan fingerprint density at radius 2 is 2.16 bits per heavy atom. The number of hydrogen-bond donors (Lipinski definition) is 1. The van der Waals surface area contributed by atoms with E-state index in [-0.39, 0.29) is 18.3 Å². The molecule has 3 nitrogen and oxygen atoms in total. The average Bonchev–Trinajstić information content (AvgIpc) is 2.81. The average molecular weight is 283 g/mol. The van der Waals surface area contributed by atoms with E-state index in [1.807, 2.05) is 30.1 Å². The molecule has 1 fully saturated rings. The van der Waals surface area contributed by atoms with Gasteiger partial charge in [0.15, 0.2) is 0 Å². The fourth-order valence-electron chi connectivity index (χ4n) is 2.60. The lowest BCUT2D eigenvalue weighted by atomic mass is 10.1. The molecular weight excluding hydrogens is 260 g/mol. The molecule has 1 saturated heterocycles. The van der Waals surface area contributed by atoms with Crippen LogP contribution in [0.25, 0.3) is 0 Å². The van der Waals surface area contributed by atoms with E-state index in [9.17, 15) is 4.79 Å². The Morgan fingerprint density at radius 1 is 1.42 bits per heavy atom. The van der Waals surface area contributed by atoms with Crippen LogP contribution in [0.5, 0.6) is 0 Å². The van der Waals surface area contributed by atoms with Gasteiger partial charge in [0, 0.05) is 13.1 Å². The van der Waals surface area contributed by atoms with E-state index in [0.29, 0.717) is 12.3 Å². The summed E-state index contributed by atoms with van der Waals surface area (Å²) in [5, 5.41) is 3.19. The lowest BCUT2D eigenvalue weighted by Crippen LogP contribution is -2.31. The van der Waals surface area contributed by atoms with Crippen LogP contribution >= 0.6 is 12.4 Å². The smallest absolute Gasteiger partial charge is 0.227 e. The summed E-state index contributed by atoms with van der Waals surface area (Å²) in [5.74, 6) is 0.888. The van der Waals surface area contributed by atoms with Gasteiger partial charge in [0.1, 0.15) is 0 Å². The zero-order valence-electron chi connectivity index (χ0n) is 11.7. The number of hydrogen-bond acceptors (Lipinski definition) is 2. The molecule has 0 bridgehead atoms. The summed E-state index contributed by atoms with van der Waals surface area (Å²) >= 11 is 0. The molecule has 0 aromatic heterocycles. The predicted octanol–water partition coefficient (Wildman–Crippen LogP) is 2.03. The van der Waals surface area contributed by atoms with Crippen LogP contribution in [0.2, 0.25) is 0 Å². The number of aryl methyl sites for hydroxylation is 1. The predicted molar refractivity (Wildman–Crippen MR) is 80.7 cm³/mol. The van der Waals surface area contributed by atoms with Crippen LogP contribution in [0.4, 0.5) is 0 Å². The van der Waals surface area contributed by atoms with Gasteiger partial charge in [0.05, 0.1) is 6.42 Å². The lowest BCUT2D eigenvalue weighted by molar-refractivity contribution is -0.129. The van der Waals surface area contributed by atoms with E-state index in [2.05, 4.69) is 18.3 Å². The maximum absolute atomic E-state index is 12.2. The lowest BCUT2D eigenvalue weighted by Gasteiger charge is -2.17. The number of halogens is 1. The second-order valence-electron chi connectivity index (χ2n) is 5.16. The summed E-state index contributed by atoms with van der Waals surface area (Å²) in [6.45, 7) is 4.90. The molecule has 1 amide bonds. The van der Waals surface area contributed by atoms with Crippen LogP contribution in [0.15, 0.2) is 24.3 Å². The van der Waals surface area contributed by atoms with E-state index in [4.69, 9.17) is 0 Å². The van der Waals surface area contributed by atoms with Crippen molar-refractivity contribution >= 4 is 18.3 Å². The second kappa shape index (κ2) is 7.51. The molecule has 0 spiro atoms. The number of amides is 1. The SMILES string of the molecule is CNCC1CCN(C(=O)Cc2ccccc2C)C1.Cl. The Bertz CT molecular complexity index is 422. The van der Waals surface area contributed by atoms with Gasteiger partial charge in [-0.1, -0.05) is 24.3 Å². The topological polar surface area (TPSA) is 32.3 Å². The summed E-state index contributed by atoms with van der Waals surface area (Å²) in [7, 11) is 1.97. The summed E-state index contributed by atoms with van der Waals surface area (Å²) in [6.07, 6.45) is 1.67. The van der Waals surface area contributed by atoms with Gasteiger partial charge in [-0.3, -0.25) is 4.79 Å². The zero-order chi connectivity index (χ0) is 13.0. The quantitative estimate of drug-likeness (QED) is 0.916. The highest BCUT2D eigenvalue weighted by molar-refractivity contribution is 5.85. The van der Waals surface area contributed by atoms with Crippen molar-refractivity contribution in [1.82, 2.24) is 10.2 Å². The Morgan fingerprint density at radius 3 is 2.84 bits per heavy atom. The third kappa shape index (κ3) is 4.22. The minimum atomic E-state index is 0. The molecule has 106 valence electrons. The van der Waals surface area contributed by atoms with Crippen molar-refractivity contribution < 1.29 is 4.79 Å². The van der Waals surface area contributed by atoms with Crippen LogP contribution in [0.1, 0.15) is 17.5 Å². The number of carbonyl (C=O) groups excluding carboxylic acids is 1. The van der Waals surface area contributed by atoms with E-state index in [0.717, 1.165) is 31.6 Å². The number of rotatable bonds is 4. The largest absolute Gasteiger partial charge is 0.342 e. The fourth-order valence-corrected chi connectivity index (χ4v) is 2.60. The van der Waals surface area contributed by atoms with Gasteiger partial charge in [0.2, 0.25) is 5.91 Å². The Kier molecular flexibility index (Phi) is 6.32. The van der Waals surface area contributed by atoms with Crippen LogP contribution in [-0.2, 0) is 11.2 Å². The first-order chi connectivity index (χ1) is 8.70. The number of carbonyl (C=O) groups is 1. The Hall–Kier alpha value is -1.06. The van der Waals surface area contributed by atoms with Crippen molar-refractivity contribution in [2.45, 2.75) is 19.8 Å². The number of nitrogens with one attached hydrogen (secondary N) is 1. The second-order valence-corrected chi connectivity index (χ2v) is 5.16. The van der Waals surface area contributed by atoms with Gasteiger partial charge in [0.25, 0.3) is 0 Å². The van der Waals surface area contributed by atoms with Crippen LogP contribution < -0.4 is 5.32 Å². The first-order valence-electron chi connectivity index (χ1n) is 6.67. The van der Waals surface area contributed by atoms with E-state index >= 15 is 0 Å². The Balaban J connectivity index is 0.00000180.